The molecule has 2 saturated carbocycles. The van der Waals surface area contributed by atoms with Gasteiger partial charge in [-0.1, -0.05) is 24.3 Å². The predicted molar refractivity (Wildman–Crippen MR) is 140 cm³/mol. The first kappa shape index (κ1) is 23.4. The zero-order chi connectivity index (χ0) is 24.9. The Hall–Kier alpha value is -2.97. The quantitative estimate of drug-likeness (QED) is 0.552. The molecule has 6 rings (SSSR count). The Morgan fingerprint density at radius 3 is 2.42 bits per heavy atom. The van der Waals surface area contributed by atoms with Gasteiger partial charge in [0.05, 0.1) is 27.8 Å². The van der Waals surface area contributed by atoms with Crippen molar-refractivity contribution in [3.05, 3.63) is 54.7 Å². The molecule has 3 fully saturated rings. The number of rotatable bonds is 5. The number of ether oxygens (including phenoxy) is 1. The minimum atomic E-state index is -3.44. The molecule has 2 aliphatic carbocycles. The lowest BCUT2D eigenvalue weighted by molar-refractivity contribution is -0.169. The fourth-order valence-corrected chi connectivity index (χ4v) is 7.52. The third kappa shape index (κ3) is 4.16. The van der Waals surface area contributed by atoms with Crippen LogP contribution in [-0.4, -0.2) is 61.3 Å². The van der Waals surface area contributed by atoms with Crippen LogP contribution in [0.5, 0.6) is 0 Å². The topological polar surface area (TPSA) is 88.6 Å². The Labute approximate surface area is 211 Å². The van der Waals surface area contributed by atoms with Crippen molar-refractivity contribution in [1.82, 2.24) is 9.88 Å². The van der Waals surface area contributed by atoms with E-state index in [0.717, 1.165) is 40.6 Å². The summed E-state index contributed by atoms with van der Waals surface area (Å²) < 4.78 is 32.9. The van der Waals surface area contributed by atoms with E-state index in [-0.39, 0.29) is 18.1 Å². The number of amides is 1. The number of anilines is 1. The highest BCUT2D eigenvalue weighted by molar-refractivity contribution is 7.92. The SMILES string of the molecule is CNc1ccnc2cc(-c3ccc(S(=O)(=O)C4CCC5(CC4)CN(C4CC4)C(=O)CO5)cc3)ccc12. The molecule has 1 saturated heterocycles. The molecule has 1 aliphatic heterocycles. The monoisotopic (exact) mass is 505 g/mol. The van der Waals surface area contributed by atoms with Crippen LogP contribution in [0.2, 0.25) is 0 Å². The molecule has 36 heavy (non-hydrogen) atoms. The van der Waals surface area contributed by atoms with Crippen molar-refractivity contribution >= 4 is 32.3 Å². The predicted octanol–water partition coefficient (Wildman–Crippen LogP) is 4.42. The molecular weight excluding hydrogens is 474 g/mol. The maximum absolute atomic E-state index is 13.5. The van der Waals surface area contributed by atoms with E-state index in [9.17, 15) is 13.2 Å². The zero-order valence-corrected chi connectivity index (χ0v) is 21.3. The van der Waals surface area contributed by atoms with Gasteiger partial charge < -0.3 is 15.0 Å². The average Bonchev–Trinajstić information content (AvgIpc) is 3.75. The highest BCUT2D eigenvalue weighted by atomic mass is 32.2. The van der Waals surface area contributed by atoms with Gasteiger partial charge in [-0.2, -0.15) is 0 Å². The van der Waals surface area contributed by atoms with Crippen LogP contribution in [0.25, 0.3) is 22.0 Å². The molecule has 7 nitrogen and oxygen atoms in total. The maximum Gasteiger partial charge on any atom is 0.248 e. The van der Waals surface area contributed by atoms with Gasteiger partial charge in [0.2, 0.25) is 5.91 Å². The highest BCUT2D eigenvalue weighted by Crippen LogP contribution is 2.41. The molecular formula is C28H31N3O4S. The van der Waals surface area contributed by atoms with Gasteiger partial charge in [0.15, 0.2) is 9.84 Å². The number of aromatic nitrogens is 1. The van der Waals surface area contributed by atoms with Gasteiger partial charge in [-0.15, -0.1) is 0 Å². The second kappa shape index (κ2) is 8.85. The van der Waals surface area contributed by atoms with Crippen molar-refractivity contribution in [3.8, 4) is 11.1 Å². The number of hydrogen-bond donors (Lipinski definition) is 1. The number of nitrogens with zero attached hydrogens (tertiary/aromatic N) is 2. The van der Waals surface area contributed by atoms with Crippen LogP contribution < -0.4 is 5.32 Å². The molecule has 0 atom stereocenters. The summed E-state index contributed by atoms with van der Waals surface area (Å²) >= 11 is 0. The summed E-state index contributed by atoms with van der Waals surface area (Å²) in [5, 5.41) is 3.81. The summed E-state index contributed by atoms with van der Waals surface area (Å²) in [6.07, 6.45) is 6.38. The second-order valence-corrected chi connectivity index (χ2v) is 12.6. The molecule has 0 bridgehead atoms. The van der Waals surface area contributed by atoms with Gasteiger partial charge in [0.25, 0.3) is 0 Å². The first-order chi connectivity index (χ1) is 17.4. The molecule has 1 aromatic heterocycles. The summed E-state index contributed by atoms with van der Waals surface area (Å²) in [5.41, 5.74) is 3.47. The Kier molecular flexibility index (Phi) is 5.76. The summed E-state index contributed by atoms with van der Waals surface area (Å²) in [6, 6.07) is 15.6. The van der Waals surface area contributed by atoms with Crippen LogP contribution in [0.3, 0.4) is 0 Å². The number of carbonyl (C=O) groups is 1. The van der Waals surface area contributed by atoms with E-state index in [0.29, 0.717) is 43.2 Å². The fraction of sp³-hybridized carbons (Fsp3) is 0.429. The number of fused-ring (bicyclic) bond motifs is 1. The van der Waals surface area contributed by atoms with E-state index < -0.39 is 15.1 Å². The largest absolute Gasteiger partial charge is 0.388 e. The number of pyridine rings is 1. The van der Waals surface area contributed by atoms with Crippen LogP contribution in [0.15, 0.2) is 59.6 Å². The van der Waals surface area contributed by atoms with E-state index in [4.69, 9.17) is 4.74 Å². The van der Waals surface area contributed by atoms with Crippen molar-refractivity contribution in [3.63, 3.8) is 0 Å². The first-order valence-corrected chi connectivity index (χ1v) is 14.3. The van der Waals surface area contributed by atoms with E-state index in [1.54, 1.807) is 18.3 Å². The van der Waals surface area contributed by atoms with Gasteiger partial charge in [-0.05, 0) is 73.9 Å². The summed E-state index contributed by atoms with van der Waals surface area (Å²) in [6.45, 7) is 0.727. The molecule has 188 valence electrons. The third-order valence-electron chi connectivity index (χ3n) is 8.08. The van der Waals surface area contributed by atoms with Gasteiger partial charge in [0, 0.05) is 30.4 Å². The lowest BCUT2D eigenvalue weighted by atomic mass is 9.83. The fourth-order valence-electron chi connectivity index (χ4n) is 5.77. The number of sulfone groups is 1. The van der Waals surface area contributed by atoms with E-state index in [2.05, 4.69) is 10.3 Å². The molecule has 1 amide bonds. The number of benzene rings is 2. The molecule has 0 radical (unpaired) electrons. The highest BCUT2D eigenvalue weighted by Gasteiger charge is 2.48. The lowest BCUT2D eigenvalue weighted by Crippen LogP contribution is -2.57. The zero-order valence-electron chi connectivity index (χ0n) is 20.4. The van der Waals surface area contributed by atoms with Gasteiger partial charge in [-0.25, -0.2) is 8.42 Å². The van der Waals surface area contributed by atoms with E-state index in [1.807, 2.05) is 48.3 Å². The number of hydrogen-bond acceptors (Lipinski definition) is 6. The van der Waals surface area contributed by atoms with Crippen molar-refractivity contribution in [1.29, 1.82) is 0 Å². The number of carbonyl (C=O) groups excluding carboxylic acids is 1. The second-order valence-electron chi connectivity index (χ2n) is 10.3. The number of morpholine rings is 1. The van der Waals surface area contributed by atoms with Crippen molar-refractivity contribution in [2.24, 2.45) is 0 Å². The van der Waals surface area contributed by atoms with Gasteiger partial charge in [0.1, 0.15) is 6.61 Å². The lowest BCUT2D eigenvalue weighted by Gasteiger charge is -2.46. The van der Waals surface area contributed by atoms with Gasteiger partial charge in [-0.3, -0.25) is 9.78 Å². The van der Waals surface area contributed by atoms with E-state index >= 15 is 0 Å². The molecule has 2 heterocycles. The minimum absolute atomic E-state index is 0.0719. The average molecular weight is 506 g/mol. The Morgan fingerprint density at radius 1 is 1.00 bits per heavy atom. The van der Waals surface area contributed by atoms with Crippen LogP contribution in [-0.2, 0) is 19.4 Å². The van der Waals surface area contributed by atoms with E-state index in [1.165, 1.54) is 0 Å². The summed E-state index contributed by atoms with van der Waals surface area (Å²) in [5.74, 6) is 0.0719. The Bertz CT molecular complexity index is 1410. The Morgan fingerprint density at radius 2 is 1.72 bits per heavy atom. The Balaban J connectivity index is 1.17. The molecule has 1 spiro atoms. The standard InChI is InChI=1S/C28H31N3O4S/c1-29-25-12-15-30-26-16-20(4-9-24(25)26)19-2-7-22(8-3-19)36(33,34)23-10-13-28(14-11-23)18-31(21-5-6-21)27(32)17-35-28/h2-4,7-9,12,15-16,21,23H,5-6,10-11,13-14,17-18H2,1H3,(H,29,30). The van der Waals surface area contributed by atoms with Crippen molar-refractivity contribution in [2.75, 3.05) is 25.5 Å². The van der Waals surface area contributed by atoms with Gasteiger partial charge >= 0.3 is 0 Å². The minimum Gasteiger partial charge on any atom is -0.388 e. The molecule has 1 N–H and O–H groups in total. The normalized spacial score (nSPS) is 24.9. The summed E-state index contributed by atoms with van der Waals surface area (Å²) in [7, 11) is -1.56. The smallest absolute Gasteiger partial charge is 0.248 e. The third-order valence-corrected chi connectivity index (χ3v) is 10.4. The molecule has 2 aromatic carbocycles. The molecule has 3 aromatic rings. The summed E-state index contributed by atoms with van der Waals surface area (Å²) in [4.78, 5) is 19.1. The van der Waals surface area contributed by atoms with Crippen molar-refractivity contribution in [2.45, 2.75) is 60.3 Å². The molecule has 0 unspecified atom stereocenters. The van der Waals surface area contributed by atoms with Crippen LogP contribution in [0, 0.1) is 0 Å². The van der Waals surface area contributed by atoms with Crippen LogP contribution in [0.4, 0.5) is 5.69 Å². The molecule has 8 heteroatoms. The number of nitrogens with one attached hydrogen (secondary N) is 1. The first-order valence-electron chi connectivity index (χ1n) is 12.7. The van der Waals surface area contributed by atoms with Crippen LogP contribution >= 0.6 is 0 Å². The maximum atomic E-state index is 13.5. The van der Waals surface area contributed by atoms with Crippen LogP contribution in [0.1, 0.15) is 38.5 Å². The van der Waals surface area contributed by atoms with Crippen molar-refractivity contribution < 1.29 is 17.9 Å². The molecule has 3 aliphatic rings.